The van der Waals surface area contributed by atoms with Gasteiger partial charge in [0.1, 0.15) is 11.5 Å². The predicted molar refractivity (Wildman–Crippen MR) is 69.6 cm³/mol. The monoisotopic (exact) mass is 404 g/mol. The van der Waals surface area contributed by atoms with Gasteiger partial charge in [-0.15, -0.1) is 0 Å². The van der Waals surface area contributed by atoms with E-state index in [9.17, 15) is 0 Å². The second-order valence-corrected chi connectivity index (χ2v) is 4.67. The van der Waals surface area contributed by atoms with Crippen LogP contribution in [0.25, 0.3) is 0 Å². The summed E-state index contributed by atoms with van der Waals surface area (Å²) in [6.45, 7) is 2.67. The van der Waals surface area contributed by atoms with Crippen LogP contribution in [0, 0.1) is 7.14 Å². The van der Waals surface area contributed by atoms with Gasteiger partial charge in [0.25, 0.3) is 0 Å². The topological polar surface area (TPSA) is 18.5 Å². The maximum atomic E-state index is 5.45. The van der Waals surface area contributed by atoms with Crippen LogP contribution in [-0.4, -0.2) is 13.7 Å². The Hall–Kier alpha value is 0.280. The van der Waals surface area contributed by atoms with E-state index in [1.54, 1.807) is 7.11 Å². The van der Waals surface area contributed by atoms with Gasteiger partial charge in [0, 0.05) is 0 Å². The maximum Gasteiger partial charge on any atom is 0.133 e. The quantitative estimate of drug-likeness (QED) is 0.721. The molecule has 0 radical (unpaired) electrons. The van der Waals surface area contributed by atoms with Crippen molar-refractivity contribution in [3.63, 3.8) is 0 Å². The van der Waals surface area contributed by atoms with Crippen LogP contribution in [0.1, 0.15) is 6.92 Å². The van der Waals surface area contributed by atoms with Gasteiger partial charge >= 0.3 is 0 Å². The summed E-state index contributed by atoms with van der Waals surface area (Å²) in [6.07, 6.45) is 0. The molecule has 0 heterocycles. The molecular weight excluding hydrogens is 394 g/mol. The Labute approximate surface area is 105 Å². The molecule has 72 valence electrons. The third-order valence-electron chi connectivity index (χ3n) is 1.51. The first-order chi connectivity index (χ1) is 6.19. The van der Waals surface area contributed by atoms with E-state index in [1.165, 1.54) is 0 Å². The first-order valence-electron chi connectivity index (χ1n) is 3.84. The summed E-state index contributed by atoms with van der Waals surface area (Å²) in [4.78, 5) is 0. The average molecular weight is 404 g/mol. The zero-order chi connectivity index (χ0) is 9.84. The number of rotatable bonds is 3. The maximum absolute atomic E-state index is 5.45. The molecule has 0 aromatic heterocycles. The highest BCUT2D eigenvalue weighted by molar-refractivity contribution is 14.1. The fourth-order valence-electron chi connectivity index (χ4n) is 0.933. The highest BCUT2D eigenvalue weighted by Gasteiger charge is 2.06. The predicted octanol–water partition coefficient (Wildman–Crippen LogP) is 3.30. The SMILES string of the molecule is CCOc1cc(I)c(OC)cc1I. The van der Waals surface area contributed by atoms with Crippen molar-refractivity contribution in [1.82, 2.24) is 0 Å². The van der Waals surface area contributed by atoms with Gasteiger partial charge in [-0.1, -0.05) is 0 Å². The van der Waals surface area contributed by atoms with Crippen LogP contribution in [-0.2, 0) is 0 Å². The number of ether oxygens (including phenoxy) is 2. The molecule has 1 aromatic carbocycles. The zero-order valence-electron chi connectivity index (χ0n) is 7.43. The minimum Gasteiger partial charge on any atom is -0.496 e. The summed E-state index contributed by atoms with van der Waals surface area (Å²) in [5.41, 5.74) is 0. The molecule has 4 heteroatoms. The minimum atomic E-state index is 0.693. The summed E-state index contributed by atoms with van der Waals surface area (Å²) in [5.74, 6) is 1.82. The van der Waals surface area contributed by atoms with Gasteiger partial charge in [0.2, 0.25) is 0 Å². The highest BCUT2D eigenvalue weighted by Crippen LogP contribution is 2.30. The Bertz CT molecular complexity index is 300. The second kappa shape index (κ2) is 5.23. The molecule has 1 aromatic rings. The van der Waals surface area contributed by atoms with Crippen molar-refractivity contribution in [1.29, 1.82) is 0 Å². The minimum absolute atomic E-state index is 0.693. The Morgan fingerprint density at radius 2 is 1.69 bits per heavy atom. The molecule has 1 rings (SSSR count). The fourth-order valence-corrected chi connectivity index (χ4v) is 2.19. The molecule has 0 N–H and O–H groups in total. The van der Waals surface area contributed by atoms with E-state index >= 15 is 0 Å². The van der Waals surface area contributed by atoms with Crippen LogP contribution in [0.4, 0.5) is 0 Å². The number of hydrogen-bond donors (Lipinski definition) is 0. The van der Waals surface area contributed by atoms with Crippen LogP contribution >= 0.6 is 45.2 Å². The van der Waals surface area contributed by atoms with Gasteiger partial charge in [0.15, 0.2) is 0 Å². The van der Waals surface area contributed by atoms with E-state index in [-0.39, 0.29) is 0 Å². The van der Waals surface area contributed by atoms with E-state index in [0.29, 0.717) is 6.61 Å². The molecule has 0 aliphatic heterocycles. The lowest BCUT2D eigenvalue weighted by atomic mass is 10.3. The molecule has 0 aliphatic carbocycles. The molecule has 13 heavy (non-hydrogen) atoms. The highest BCUT2D eigenvalue weighted by atomic mass is 127. The summed E-state index contributed by atoms with van der Waals surface area (Å²) in [7, 11) is 1.67. The summed E-state index contributed by atoms with van der Waals surface area (Å²) in [5, 5.41) is 0. The van der Waals surface area contributed by atoms with Crippen molar-refractivity contribution in [2.45, 2.75) is 6.92 Å². The van der Waals surface area contributed by atoms with Crippen LogP contribution in [0.5, 0.6) is 11.5 Å². The molecular formula is C9H10I2O2. The summed E-state index contributed by atoms with van der Waals surface area (Å²) >= 11 is 4.48. The largest absolute Gasteiger partial charge is 0.496 e. The van der Waals surface area contributed by atoms with Crippen LogP contribution in [0.15, 0.2) is 12.1 Å². The molecule has 0 saturated heterocycles. The van der Waals surface area contributed by atoms with Crippen molar-refractivity contribution in [3.05, 3.63) is 19.3 Å². The van der Waals surface area contributed by atoms with Gasteiger partial charge < -0.3 is 9.47 Å². The second-order valence-electron chi connectivity index (χ2n) is 2.35. The lowest BCUT2D eigenvalue weighted by Crippen LogP contribution is -1.96. The molecule has 0 saturated carbocycles. The van der Waals surface area contributed by atoms with Crippen LogP contribution in [0.2, 0.25) is 0 Å². The van der Waals surface area contributed by atoms with E-state index in [2.05, 4.69) is 45.2 Å². The van der Waals surface area contributed by atoms with Crippen molar-refractivity contribution >= 4 is 45.2 Å². The molecule has 0 amide bonds. The van der Waals surface area contributed by atoms with Gasteiger partial charge in [-0.25, -0.2) is 0 Å². The third-order valence-corrected chi connectivity index (χ3v) is 3.19. The van der Waals surface area contributed by atoms with E-state index < -0.39 is 0 Å². The van der Waals surface area contributed by atoms with E-state index in [0.717, 1.165) is 18.6 Å². The lowest BCUT2D eigenvalue weighted by molar-refractivity contribution is 0.336. The zero-order valence-corrected chi connectivity index (χ0v) is 11.7. The molecule has 0 unspecified atom stereocenters. The van der Waals surface area contributed by atoms with Crippen molar-refractivity contribution in [2.75, 3.05) is 13.7 Å². The van der Waals surface area contributed by atoms with Crippen molar-refractivity contribution < 1.29 is 9.47 Å². The average Bonchev–Trinajstić information content (AvgIpc) is 2.11. The van der Waals surface area contributed by atoms with Gasteiger partial charge in [-0.2, -0.15) is 0 Å². The molecule has 2 nitrogen and oxygen atoms in total. The van der Waals surface area contributed by atoms with E-state index in [1.807, 2.05) is 19.1 Å². The molecule has 0 atom stereocenters. The first kappa shape index (κ1) is 11.4. The fraction of sp³-hybridized carbons (Fsp3) is 0.333. The van der Waals surface area contributed by atoms with Crippen LogP contribution in [0.3, 0.4) is 0 Å². The Kier molecular flexibility index (Phi) is 4.57. The number of benzene rings is 1. The molecule has 0 spiro atoms. The number of methoxy groups -OCH3 is 1. The number of hydrogen-bond acceptors (Lipinski definition) is 2. The van der Waals surface area contributed by atoms with E-state index in [4.69, 9.17) is 9.47 Å². The Morgan fingerprint density at radius 1 is 1.15 bits per heavy atom. The Balaban J connectivity index is 3.05. The van der Waals surface area contributed by atoms with Gasteiger partial charge in [-0.3, -0.25) is 0 Å². The smallest absolute Gasteiger partial charge is 0.133 e. The normalized spacial score (nSPS) is 9.85. The first-order valence-corrected chi connectivity index (χ1v) is 6.00. The lowest BCUT2D eigenvalue weighted by Gasteiger charge is -2.09. The third kappa shape index (κ3) is 2.87. The standard InChI is InChI=1S/C9H10I2O2/c1-3-13-9-5-6(10)8(12-2)4-7(9)11/h4-5H,3H2,1-2H3. The molecule has 0 fully saturated rings. The van der Waals surface area contributed by atoms with Gasteiger partial charge in [-0.05, 0) is 64.2 Å². The van der Waals surface area contributed by atoms with Crippen LogP contribution < -0.4 is 9.47 Å². The summed E-state index contributed by atoms with van der Waals surface area (Å²) < 4.78 is 12.8. The summed E-state index contributed by atoms with van der Waals surface area (Å²) in [6, 6.07) is 3.97. The number of halogens is 2. The van der Waals surface area contributed by atoms with Gasteiger partial charge in [0.05, 0.1) is 20.9 Å². The van der Waals surface area contributed by atoms with Crippen molar-refractivity contribution in [3.8, 4) is 11.5 Å². The van der Waals surface area contributed by atoms with Crippen molar-refractivity contribution in [2.24, 2.45) is 0 Å². The Morgan fingerprint density at radius 3 is 2.23 bits per heavy atom. The molecule has 0 aliphatic rings. The molecule has 0 bridgehead atoms.